The molecule has 2 aromatic rings. The van der Waals surface area contributed by atoms with E-state index in [1.54, 1.807) is 0 Å². The van der Waals surface area contributed by atoms with Crippen molar-refractivity contribution in [3.63, 3.8) is 0 Å². The fraction of sp³-hybridized carbons (Fsp3) is 0.375. The van der Waals surface area contributed by atoms with E-state index in [-0.39, 0.29) is 36.8 Å². The Bertz CT molecular complexity index is 981. The highest BCUT2D eigenvalue weighted by Gasteiger charge is 2.39. The second-order valence-corrected chi connectivity index (χ2v) is 9.29. The molecular formula is C24H26N2O5S. The Morgan fingerprint density at radius 2 is 1.72 bits per heavy atom. The van der Waals surface area contributed by atoms with Gasteiger partial charge in [-0.05, 0) is 35.6 Å². The number of benzene rings is 2. The van der Waals surface area contributed by atoms with E-state index in [9.17, 15) is 19.5 Å². The molecule has 0 bridgehead atoms. The Morgan fingerprint density at radius 1 is 1.09 bits per heavy atom. The number of hydrogen-bond acceptors (Lipinski definition) is 5. The number of alkyl carbamates (subject to hydrolysis) is 1. The summed E-state index contributed by atoms with van der Waals surface area (Å²) in [5.74, 6) is -0.784. The van der Waals surface area contributed by atoms with Gasteiger partial charge in [-0.15, -0.1) is 11.8 Å². The maximum absolute atomic E-state index is 12.5. The van der Waals surface area contributed by atoms with Gasteiger partial charge in [-0.1, -0.05) is 48.5 Å². The van der Waals surface area contributed by atoms with E-state index in [0.29, 0.717) is 12.2 Å². The van der Waals surface area contributed by atoms with E-state index in [0.717, 1.165) is 11.1 Å². The number of thioether (sulfide) groups is 1. The first-order chi connectivity index (χ1) is 15.5. The van der Waals surface area contributed by atoms with Crippen LogP contribution in [0.3, 0.4) is 0 Å². The highest BCUT2D eigenvalue weighted by atomic mass is 32.2. The maximum Gasteiger partial charge on any atom is 0.407 e. The zero-order valence-corrected chi connectivity index (χ0v) is 18.6. The zero-order valence-electron chi connectivity index (χ0n) is 17.8. The summed E-state index contributed by atoms with van der Waals surface area (Å²) >= 11 is 1.46. The van der Waals surface area contributed by atoms with Crippen LogP contribution in [0.25, 0.3) is 11.1 Å². The molecule has 2 atom stereocenters. The van der Waals surface area contributed by atoms with Crippen LogP contribution >= 0.6 is 11.8 Å². The summed E-state index contributed by atoms with van der Waals surface area (Å²) in [7, 11) is 0. The lowest BCUT2D eigenvalue weighted by Crippen LogP contribution is -2.44. The summed E-state index contributed by atoms with van der Waals surface area (Å²) in [6.07, 6.45) is 0.0783. The molecule has 4 rings (SSSR count). The number of ether oxygens (including phenoxy) is 1. The van der Waals surface area contributed by atoms with Crippen molar-refractivity contribution in [3.05, 3.63) is 59.7 Å². The van der Waals surface area contributed by atoms with Crippen LogP contribution in [0.15, 0.2) is 48.5 Å². The quantitative estimate of drug-likeness (QED) is 0.620. The minimum Gasteiger partial charge on any atom is -0.480 e. The van der Waals surface area contributed by atoms with Crippen LogP contribution in [0.5, 0.6) is 0 Å². The van der Waals surface area contributed by atoms with Gasteiger partial charge in [0.2, 0.25) is 5.91 Å². The topological polar surface area (TPSA) is 95.9 Å². The van der Waals surface area contributed by atoms with Crippen molar-refractivity contribution in [1.29, 1.82) is 0 Å². The van der Waals surface area contributed by atoms with Crippen LogP contribution in [-0.4, -0.2) is 58.3 Å². The van der Waals surface area contributed by atoms with Crippen molar-refractivity contribution < 1.29 is 24.2 Å². The molecule has 1 aliphatic carbocycles. The molecule has 2 aliphatic rings. The van der Waals surface area contributed by atoms with Gasteiger partial charge in [0.1, 0.15) is 12.6 Å². The van der Waals surface area contributed by atoms with E-state index < -0.39 is 18.1 Å². The number of rotatable bonds is 7. The van der Waals surface area contributed by atoms with Crippen molar-refractivity contribution in [1.82, 2.24) is 10.2 Å². The molecule has 8 heteroatoms. The van der Waals surface area contributed by atoms with Gasteiger partial charge in [0.05, 0.1) is 5.37 Å². The Kier molecular flexibility index (Phi) is 6.69. The van der Waals surface area contributed by atoms with Crippen LogP contribution in [0.4, 0.5) is 4.79 Å². The first kappa shape index (κ1) is 22.2. The van der Waals surface area contributed by atoms with E-state index >= 15 is 0 Å². The second kappa shape index (κ2) is 9.65. The third-order valence-corrected chi connectivity index (χ3v) is 7.19. The van der Waals surface area contributed by atoms with Crippen molar-refractivity contribution in [3.8, 4) is 11.1 Å². The third-order valence-electron chi connectivity index (χ3n) is 5.98. The Balaban J connectivity index is 1.24. The van der Waals surface area contributed by atoms with Gasteiger partial charge in [-0.2, -0.15) is 0 Å². The third kappa shape index (κ3) is 4.46. The number of aliphatic carboxylic acids is 1. The molecule has 2 amide bonds. The smallest absolute Gasteiger partial charge is 0.407 e. The van der Waals surface area contributed by atoms with Crippen molar-refractivity contribution in [2.24, 2.45) is 0 Å². The summed E-state index contributed by atoms with van der Waals surface area (Å²) < 4.78 is 5.49. The monoisotopic (exact) mass is 454 g/mol. The number of amides is 2. The fourth-order valence-corrected chi connectivity index (χ4v) is 5.61. The summed E-state index contributed by atoms with van der Waals surface area (Å²) in [5, 5.41) is 11.8. The Morgan fingerprint density at radius 3 is 2.34 bits per heavy atom. The summed E-state index contributed by atoms with van der Waals surface area (Å²) in [4.78, 5) is 37.4. The van der Waals surface area contributed by atoms with Gasteiger partial charge < -0.3 is 20.1 Å². The Labute approximate surface area is 191 Å². The van der Waals surface area contributed by atoms with Crippen LogP contribution in [-0.2, 0) is 14.3 Å². The minimum atomic E-state index is -0.980. The molecule has 168 valence electrons. The molecule has 0 spiro atoms. The molecular weight excluding hydrogens is 428 g/mol. The number of carbonyl (C=O) groups is 3. The van der Waals surface area contributed by atoms with Crippen LogP contribution in [0.1, 0.15) is 36.8 Å². The molecule has 0 radical (unpaired) electrons. The molecule has 2 aromatic carbocycles. The van der Waals surface area contributed by atoms with Crippen LogP contribution in [0.2, 0.25) is 0 Å². The van der Waals surface area contributed by atoms with Gasteiger partial charge in [0, 0.05) is 24.6 Å². The van der Waals surface area contributed by atoms with E-state index in [1.807, 2.05) is 31.2 Å². The van der Waals surface area contributed by atoms with E-state index in [4.69, 9.17) is 4.74 Å². The summed E-state index contributed by atoms with van der Waals surface area (Å²) in [6, 6.07) is 15.5. The molecule has 0 aromatic heterocycles. The van der Waals surface area contributed by atoms with Gasteiger partial charge in [0.15, 0.2) is 0 Å². The number of carbonyl (C=O) groups excluding carboxylic acids is 2. The van der Waals surface area contributed by atoms with E-state index in [1.165, 1.54) is 27.8 Å². The van der Waals surface area contributed by atoms with E-state index in [2.05, 4.69) is 29.6 Å². The van der Waals surface area contributed by atoms with Gasteiger partial charge in [-0.25, -0.2) is 9.59 Å². The molecule has 2 unspecified atom stereocenters. The molecule has 2 N–H and O–H groups in total. The first-order valence-electron chi connectivity index (χ1n) is 10.7. The van der Waals surface area contributed by atoms with Gasteiger partial charge in [-0.3, -0.25) is 4.79 Å². The van der Waals surface area contributed by atoms with Crippen molar-refractivity contribution >= 4 is 29.7 Å². The zero-order chi connectivity index (χ0) is 22.7. The lowest BCUT2D eigenvalue weighted by Gasteiger charge is -2.25. The molecule has 1 saturated heterocycles. The van der Waals surface area contributed by atoms with Gasteiger partial charge >= 0.3 is 12.1 Å². The molecule has 1 fully saturated rings. The average molecular weight is 455 g/mol. The lowest BCUT2D eigenvalue weighted by atomic mass is 9.98. The number of carboxylic acids is 1. The standard InChI is InChI=1S/C24H26N2O5S/c1-15-26(21(14-32-15)23(28)29)22(27)11-6-12-25-24(30)31-13-20-18-9-4-2-7-16(18)17-8-3-5-10-19(17)20/h2-5,7-10,15,20-21H,6,11-14H2,1H3,(H,25,30)(H,28,29). The predicted molar refractivity (Wildman–Crippen MR) is 122 cm³/mol. The molecule has 32 heavy (non-hydrogen) atoms. The first-order valence-corrected chi connectivity index (χ1v) is 11.8. The summed E-state index contributed by atoms with van der Waals surface area (Å²) in [6.45, 7) is 2.36. The molecule has 1 heterocycles. The van der Waals surface area contributed by atoms with Gasteiger partial charge in [0.25, 0.3) is 0 Å². The fourth-order valence-electron chi connectivity index (χ4n) is 4.42. The molecule has 0 saturated carbocycles. The highest BCUT2D eigenvalue weighted by molar-refractivity contribution is 8.00. The second-order valence-electron chi connectivity index (χ2n) is 7.94. The number of nitrogens with zero attached hydrogens (tertiary/aromatic N) is 1. The number of hydrogen-bond donors (Lipinski definition) is 2. The summed E-state index contributed by atoms with van der Waals surface area (Å²) in [5.41, 5.74) is 4.64. The Hall–Kier alpha value is -3.00. The van der Waals surface area contributed by atoms with Crippen molar-refractivity contribution in [2.75, 3.05) is 18.9 Å². The molecule has 7 nitrogen and oxygen atoms in total. The number of carboxylic acid groups (broad SMARTS) is 1. The predicted octanol–water partition coefficient (Wildman–Crippen LogP) is 3.68. The minimum absolute atomic E-state index is 0.00293. The largest absolute Gasteiger partial charge is 0.480 e. The maximum atomic E-state index is 12.5. The average Bonchev–Trinajstić information content (AvgIpc) is 3.33. The molecule has 1 aliphatic heterocycles. The highest BCUT2D eigenvalue weighted by Crippen LogP contribution is 2.44. The lowest BCUT2D eigenvalue weighted by molar-refractivity contribution is -0.148. The van der Waals surface area contributed by atoms with Crippen LogP contribution < -0.4 is 5.32 Å². The normalized spacial score (nSPS) is 19.3. The SMILES string of the molecule is CC1SCC(C(=O)O)N1C(=O)CCCNC(=O)OCC1c2ccccc2-c2ccccc21. The van der Waals surface area contributed by atoms with Crippen LogP contribution in [0, 0.1) is 0 Å². The number of fused-ring (bicyclic) bond motifs is 3. The van der Waals surface area contributed by atoms with Crippen molar-refractivity contribution in [2.45, 2.75) is 37.1 Å². The number of nitrogens with one attached hydrogen (secondary N) is 1.